The van der Waals surface area contributed by atoms with Crippen molar-refractivity contribution in [2.24, 2.45) is 0 Å². The van der Waals surface area contributed by atoms with Gasteiger partial charge >= 0.3 is 0 Å². The zero-order valence-corrected chi connectivity index (χ0v) is 13.7. The summed E-state index contributed by atoms with van der Waals surface area (Å²) in [6, 6.07) is 6.66. The predicted octanol–water partition coefficient (Wildman–Crippen LogP) is 5.41. The molecule has 1 nitrogen and oxygen atoms in total. The summed E-state index contributed by atoms with van der Waals surface area (Å²) in [5, 5.41) is 0. The van der Waals surface area contributed by atoms with E-state index >= 15 is 0 Å². The number of hydrogen-bond donors (Lipinski definition) is 0. The van der Waals surface area contributed by atoms with Gasteiger partial charge in [0.05, 0.1) is 0 Å². The molecule has 0 fully saturated rings. The zero-order valence-electron chi connectivity index (χ0n) is 13.7. The maximum atomic E-state index is 8.44. The molecule has 0 saturated carbocycles. The van der Waals surface area contributed by atoms with Gasteiger partial charge in [-0.1, -0.05) is 73.1 Å². The van der Waals surface area contributed by atoms with Crippen molar-refractivity contribution in [3.8, 4) is 0 Å². The first-order valence-electron chi connectivity index (χ1n) is 7.43. The smallest absolute Gasteiger partial charge is 0.0465 e. The molecular weight excluding hydrogens is 230 g/mol. The summed E-state index contributed by atoms with van der Waals surface area (Å²) in [6.45, 7) is 15.6. The second kappa shape index (κ2) is 5.66. The van der Waals surface area contributed by atoms with Crippen molar-refractivity contribution in [2.75, 3.05) is 0 Å². The standard InChI is InChI=1S/C18H30N/c1-8-9-16(19)14-12-13(17(2,3)4)10-11-15(14)18(5,6)7/h10-12,16,19H,8-9H2,1-7H3. The highest BCUT2D eigenvalue weighted by atomic mass is 14.6. The normalized spacial score (nSPS) is 14.5. The van der Waals surface area contributed by atoms with E-state index in [0.717, 1.165) is 12.8 Å². The second-order valence-electron chi connectivity index (χ2n) is 7.64. The molecule has 1 atom stereocenters. The molecule has 0 aliphatic carbocycles. The highest BCUT2D eigenvalue weighted by Gasteiger charge is 2.23. The zero-order chi connectivity index (χ0) is 14.8. The topological polar surface area (TPSA) is 23.8 Å². The van der Waals surface area contributed by atoms with Crippen LogP contribution in [-0.2, 0) is 10.8 Å². The van der Waals surface area contributed by atoms with Crippen molar-refractivity contribution in [3.63, 3.8) is 0 Å². The molecule has 0 aliphatic rings. The Hall–Kier alpha value is -0.820. The molecule has 107 valence electrons. The lowest BCUT2D eigenvalue weighted by Crippen LogP contribution is -2.19. The summed E-state index contributed by atoms with van der Waals surface area (Å²) in [6.07, 6.45) is 2.01. The summed E-state index contributed by atoms with van der Waals surface area (Å²) < 4.78 is 0. The van der Waals surface area contributed by atoms with Gasteiger partial charge < -0.3 is 0 Å². The number of nitrogens with one attached hydrogen (secondary N) is 1. The monoisotopic (exact) mass is 260 g/mol. The molecule has 1 unspecified atom stereocenters. The maximum absolute atomic E-state index is 8.44. The Morgan fingerprint density at radius 2 is 1.58 bits per heavy atom. The Morgan fingerprint density at radius 1 is 1.00 bits per heavy atom. The van der Waals surface area contributed by atoms with E-state index in [-0.39, 0.29) is 16.9 Å². The highest BCUT2D eigenvalue weighted by Crippen LogP contribution is 2.34. The van der Waals surface area contributed by atoms with Crippen LogP contribution in [0.1, 0.15) is 84.0 Å². The first kappa shape index (κ1) is 16.2. The molecule has 0 aromatic heterocycles. The lowest BCUT2D eigenvalue weighted by atomic mass is 9.77. The van der Waals surface area contributed by atoms with E-state index in [2.05, 4.69) is 66.7 Å². The van der Waals surface area contributed by atoms with E-state index in [4.69, 9.17) is 5.73 Å². The lowest BCUT2D eigenvalue weighted by molar-refractivity contribution is 0.543. The maximum Gasteiger partial charge on any atom is 0.0465 e. The molecule has 0 saturated heterocycles. The van der Waals surface area contributed by atoms with Crippen LogP contribution in [-0.4, -0.2) is 0 Å². The first-order chi connectivity index (χ1) is 8.57. The van der Waals surface area contributed by atoms with Gasteiger partial charge in [0.1, 0.15) is 0 Å². The summed E-state index contributed by atoms with van der Waals surface area (Å²) in [7, 11) is 0. The van der Waals surface area contributed by atoms with Crippen LogP contribution in [0.15, 0.2) is 18.2 Å². The fraction of sp³-hybridized carbons (Fsp3) is 0.667. The molecule has 1 heteroatoms. The SMILES string of the molecule is CCCC([NH])c1cc(C(C)(C)C)ccc1C(C)(C)C. The Kier molecular flexibility index (Phi) is 4.84. The summed E-state index contributed by atoms with van der Waals surface area (Å²) in [5.74, 6) is 0. The van der Waals surface area contributed by atoms with Gasteiger partial charge in [0.25, 0.3) is 0 Å². The van der Waals surface area contributed by atoms with Gasteiger partial charge in [-0.05, 0) is 33.9 Å². The molecule has 1 aromatic carbocycles. The third-order valence-corrected chi connectivity index (χ3v) is 3.68. The number of benzene rings is 1. The van der Waals surface area contributed by atoms with Crippen molar-refractivity contribution >= 4 is 0 Å². The fourth-order valence-electron chi connectivity index (χ4n) is 2.44. The summed E-state index contributed by atoms with van der Waals surface area (Å²) in [4.78, 5) is 0. The Morgan fingerprint density at radius 3 is 2.00 bits per heavy atom. The Labute approximate surface area is 119 Å². The third-order valence-electron chi connectivity index (χ3n) is 3.68. The van der Waals surface area contributed by atoms with Gasteiger partial charge in [0, 0.05) is 6.04 Å². The van der Waals surface area contributed by atoms with Crippen LogP contribution >= 0.6 is 0 Å². The van der Waals surface area contributed by atoms with Crippen LogP contribution in [0.5, 0.6) is 0 Å². The average molecular weight is 260 g/mol. The summed E-state index contributed by atoms with van der Waals surface area (Å²) >= 11 is 0. The molecule has 1 radical (unpaired) electrons. The number of hydrogen-bond acceptors (Lipinski definition) is 0. The van der Waals surface area contributed by atoms with Gasteiger partial charge in [0.15, 0.2) is 0 Å². The highest BCUT2D eigenvalue weighted by molar-refractivity contribution is 5.40. The molecule has 1 rings (SSSR count). The minimum Gasteiger partial charge on any atom is -0.250 e. The van der Waals surface area contributed by atoms with E-state index in [1.807, 2.05) is 0 Å². The minimum atomic E-state index is -0.0958. The average Bonchev–Trinajstić information content (AvgIpc) is 2.26. The molecule has 0 amide bonds. The predicted molar refractivity (Wildman–Crippen MR) is 84.6 cm³/mol. The van der Waals surface area contributed by atoms with E-state index in [1.54, 1.807) is 0 Å². The van der Waals surface area contributed by atoms with E-state index in [9.17, 15) is 0 Å². The lowest BCUT2D eigenvalue weighted by Gasteiger charge is -2.29. The van der Waals surface area contributed by atoms with E-state index < -0.39 is 0 Å². The van der Waals surface area contributed by atoms with Crippen LogP contribution in [0.4, 0.5) is 0 Å². The Balaban J connectivity index is 3.35. The molecule has 0 spiro atoms. The van der Waals surface area contributed by atoms with Crippen LogP contribution in [0.2, 0.25) is 0 Å². The van der Waals surface area contributed by atoms with Crippen molar-refractivity contribution in [1.29, 1.82) is 0 Å². The summed E-state index contributed by atoms with van der Waals surface area (Å²) in [5.41, 5.74) is 12.6. The Bertz CT molecular complexity index is 418. The van der Waals surface area contributed by atoms with Gasteiger partial charge in [-0.15, -0.1) is 0 Å². The van der Waals surface area contributed by atoms with Gasteiger partial charge in [-0.2, -0.15) is 0 Å². The largest absolute Gasteiger partial charge is 0.250 e. The molecule has 1 N–H and O–H groups in total. The molecule has 1 aromatic rings. The van der Waals surface area contributed by atoms with Crippen molar-refractivity contribution in [1.82, 2.24) is 5.73 Å². The molecule has 0 aliphatic heterocycles. The van der Waals surface area contributed by atoms with Crippen LogP contribution < -0.4 is 5.73 Å². The van der Waals surface area contributed by atoms with Crippen LogP contribution in [0.25, 0.3) is 0 Å². The van der Waals surface area contributed by atoms with E-state index in [1.165, 1.54) is 16.7 Å². The molecular formula is C18H30N. The first-order valence-corrected chi connectivity index (χ1v) is 7.43. The van der Waals surface area contributed by atoms with Crippen molar-refractivity contribution in [2.45, 2.75) is 78.2 Å². The molecule has 0 bridgehead atoms. The molecule has 0 heterocycles. The fourth-order valence-corrected chi connectivity index (χ4v) is 2.44. The van der Waals surface area contributed by atoms with Gasteiger partial charge in [-0.3, -0.25) is 0 Å². The van der Waals surface area contributed by atoms with Crippen LogP contribution in [0, 0.1) is 0 Å². The second-order valence-corrected chi connectivity index (χ2v) is 7.64. The van der Waals surface area contributed by atoms with Crippen molar-refractivity contribution < 1.29 is 0 Å². The van der Waals surface area contributed by atoms with Crippen molar-refractivity contribution in [3.05, 3.63) is 34.9 Å². The minimum absolute atomic E-state index is 0.0958. The number of rotatable bonds is 3. The molecule has 19 heavy (non-hydrogen) atoms. The van der Waals surface area contributed by atoms with Gasteiger partial charge in [-0.25, -0.2) is 5.73 Å². The quantitative estimate of drug-likeness (QED) is 0.694. The van der Waals surface area contributed by atoms with Gasteiger partial charge in [0.2, 0.25) is 0 Å². The third kappa shape index (κ3) is 4.07. The van der Waals surface area contributed by atoms with Crippen LogP contribution in [0.3, 0.4) is 0 Å². The van der Waals surface area contributed by atoms with E-state index in [0.29, 0.717) is 0 Å².